The normalized spacial score (nSPS) is 13.8. The monoisotopic (exact) mass is 445 g/mol. The van der Waals surface area contributed by atoms with Gasteiger partial charge in [0, 0.05) is 6.20 Å². The molecule has 2 N–H and O–H groups in total. The maximum atomic E-state index is 13.2. The number of pyridine rings is 1. The molecule has 31 heavy (non-hydrogen) atoms. The zero-order valence-corrected chi connectivity index (χ0v) is 16.6. The van der Waals surface area contributed by atoms with E-state index in [2.05, 4.69) is 15.3 Å². The van der Waals surface area contributed by atoms with Gasteiger partial charge in [-0.15, -0.1) is 0 Å². The van der Waals surface area contributed by atoms with Crippen LogP contribution >= 0.6 is 11.6 Å². The predicted molar refractivity (Wildman–Crippen MR) is 111 cm³/mol. The van der Waals surface area contributed by atoms with Gasteiger partial charge in [-0.05, 0) is 47.0 Å². The Labute approximate surface area is 180 Å². The molecule has 1 aliphatic heterocycles. The van der Waals surface area contributed by atoms with Crippen LogP contribution in [0.2, 0.25) is 5.02 Å². The van der Waals surface area contributed by atoms with Gasteiger partial charge >= 0.3 is 6.18 Å². The largest absolute Gasteiger partial charge is 0.417 e. The molecule has 2 heterocycles. The summed E-state index contributed by atoms with van der Waals surface area (Å²) in [4.78, 5) is 20.9. The van der Waals surface area contributed by atoms with Gasteiger partial charge in [-0.1, -0.05) is 29.8 Å². The number of carbonyl (C=O) groups excluding carboxylic acids is 1. The third-order valence-electron chi connectivity index (χ3n) is 4.76. The molecule has 158 valence electrons. The van der Waals surface area contributed by atoms with Crippen molar-refractivity contribution in [2.45, 2.75) is 19.2 Å². The van der Waals surface area contributed by atoms with Crippen molar-refractivity contribution in [1.82, 2.24) is 4.98 Å². The molecule has 5 nitrogen and oxygen atoms in total. The number of nitrogens with one attached hydrogen (secondary N) is 1. The smallest absolute Gasteiger partial charge is 0.390 e. The molecule has 1 amide bonds. The third-order valence-corrected chi connectivity index (χ3v) is 5.07. The van der Waals surface area contributed by atoms with Gasteiger partial charge in [0.15, 0.2) is 0 Å². The molecule has 0 saturated carbocycles. The predicted octanol–water partition coefficient (Wildman–Crippen LogP) is 5.38. The first-order valence-corrected chi connectivity index (χ1v) is 9.57. The Morgan fingerprint density at radius 1 is 1.06 bits per heavy atom. The van der Waals surface area contributed by atoms with E-state index in [9.17, 15) is 23.1 Å². The fourth-order valence-electron chi connectivity index (χ4n) is 3.29. The lowest BCUT2D eigenvalue weighted by Crippen LogP contribution is -2.15. The number of fused-ring (bicyclic) bond motifs is 1. The minimum atomic E-state index is -4.65. The Hall–Kier alpha value is -3.23. The van der Waals surface area contributed by atoms with Gasteiger partial charge in [0.05, 0.1) is 46.4 Å². The van der Waals surface area contributed by atoms with Gasteiger partial charge in [-0.25, -0.2) is 0 Å². The summed E-state index contributed by atoms with van der Waals surface area (Å²) in [5.74, 6) is -0.482. The minimum Gasteiger partial charge on any atom is -0.390 e. The van der Waals surface area contributed by atoms with Crippen LogP contribution in [0.5, 0.6) is 0 Å². The molecule has 0 saturated heterocycles. The summed E-state index contributed by atoms with van der Waals surface area (Å²) in [5.41, 5.74) is 2.24. The number of anilines is 1. The van der Waals surface area contributed by atoms with Crippen molar-refractivity contribution in [3.63, 3.8) is 0 Å². The average molecular weight is 446 g/mol. The molecule has 0 fully saturated rings. The summed E-state index contributed by atoms with van der Waals surface area (Å²) < 4.78 is 39.5. The highest BCUT2D eigenvalue weighted by Gasteiger charge is 2.34. The van der Waals surface area contributed by atoms with Crippen molar-refractivity contribution < 1.29 is 23.1 Å². The number of aliphatic hydroxyl groups excluding tert-OH is 1. The summed E-state index contributed by atoms with van der Waals surface area (Å²) >= 11 is 5.83. The van der Waals surface area contributed by atoms with Crippen LogP contribution in [0.1, 0.15) is 23.2 Å². The zero-order chi connectivity index (χ0) is 22.2. The SMILES string of the molecule is O=C1CC(c2cccc(-c3ccnc(CO)c3)c2)=Nc2cc(Cl)c(C(F)(F)F)cc2N1. The lowest BCUT2D eigenvalue weighted by molar-refractivity contribution is -0.137. The van der Waals surface area contributed by atoms with E-state index in [-0.39, 0.29) is 24.4 Å². The van der Waals surface area contributed by atoms with Crippen LogP contribution in [-0.4, -0.2) is 21.7 Å². The second-order valence-electron chi connectivity index (χ2n) is 6.91. The van der Waals surface area contributed by atoms with E-state index in [0.717, 1.165) is 23.3 Å². The molecule has 1 aliphatic rings. The van der Waals surface area contributed by atoms with Crippen LogP contribution in [0.3, 0.4) is 0 Å². The summed E-state index contributed by atoms with van der Waals surface area (Å²) in [7, 11) is 0. The molecule has 0 atom stereocenters. The number of aliphatic hydroxyl groups is 1. The van der Waals surface area contributed by atoms with Gasteiger partial charge in [0.2, 0.25) is 5.91 Å². The molecular weight excluding hydrogens is 431 g/mol. The molecule has 4 rings (SSSR count). The Morgan fingerprint density at radius 3 is 2.55 bits per heavy atom. The zero-order valence-electron chi connectivity index (χ0n) is 15.9. The maximum Gasteiger partial charge on any atom is 0.417 e. The number of rotatable bonds is 3. The molecule has 3 aromatic rings. The number of alkyl halides is 3. The fourth-order valence-corrected chi connectivity index (χ4v) is 3.56. The fraction of sp³-hybridized carbons (Fsp3) is 0.136. The van der Waals surface area contributed by atoms with Crippen molar-refractivity contribution in [3.05, 3.63) is 76.6 Å². The van der Waals surface area contributed by atoms with E-state index >= 15 is 0 Å². The number of nitrogens with zero attached hydrogens (tertiary/aromatic N) is 2. The second kappa shape index (κ2) is 8.13. The Morgan fingerprint density at radius 2 is 1.81 bits per heavy atom. The highest BCUT2D eigenvalue weighted by molar-refractivity contribution is 6.32. The topological polar surface area (TPSA) is 74.6 Å². The Bertz CT molecular complexity index is 1210. The summed E-state index contributed by atoms with van der Waals surface area (Å²) in [6.45, 7) is -0.197. The summed E-state index contributed by atoms with van der Waals surface area (Å²) in [5, 5.41) is 11.3. The van der Waals surface area contributed by atoms with Crippen molar-refractivity contribution in [3.8, 4) is 11.1 Å². The van der Waals surface area contributed by atoms with Crippen molar-refractivity contribution in [2.24, 2.45) is 4.99 Å². The molecule has 2 aromatic carbocycles. The third kappa shape index (κ3) is 4.45. The standard InChI is InChI=1S/C22H15ClF3N3O2/c23-17-9-20-19(8-16(17)22(24,25)26)29-21(31)10-18(28-20)14-3-1-2-12(6-14)13-4-5-27-15(7-13)11-30/h1-9,30H,10-11H2,(H,29,31). The van der Waals surface area contributed by atoms with Crippen LogP contribution < -0.4 is 5.32 Å². The molecule has 0 aliphatic carbocycles. The maximum absolute atomic E-state index is 13.2. The first-order valence-electron chi connectivity index (χ1n) is 9.19. The number of aliphatic imine (C=N–C) groups is 1. The lowest BCUT2D eigenvalue weighted by Gasteiger charge is -2.12. The van der Waals surface area contributed by atoms with Crippen molar-refractivity contribution in [2.75, 3.05) is 5.32 Å². The highest BCUT2D eigenvalue weighted by Crippen LogP contribution is 2.41. The van der Waals surface area contributed by atoms with E-state index in [1.54, 1.807) is 30.5 Å². The lowest BCUT2D eigenvalue weighted by atomic mass is 9.99. The van der Waals surface area contributed by atoms with Gasteiger partial charge < -0.3 is 10.4 Å². The number of aromatic nitrogens is 1. The molecule has 0 unspecified atom stereocenters. The molecule has 0 spiro atoms. The van der Waals surface area contributed by atoms with Crippen LogP contribution in [0.25, 0.3) is 11.1 Å². The molecule has 1 aromatic heterocycles. The highest BCUT2D eigenvalue weighted by atomic mass is 35.5. The number of halogens is 4. The van der Waals surface area contributed by atoms with Gasteiger partial charge in [-0.2, -0.15) is 13.2 Å². The minimum absolute atomic E-state index is 0.0467. The number of hydrogen-bond donors (Lipinski definition) is 2. The molecule has 0 bridgehead atoms. The van der Waals surface area contributed by atoms with Gasteiger partial charge in [0.25, 0.3) is 0 Å². The van der Waals surface area contributed by atoms with Gasteiger partial charge in [0.1, 0.15) is 0 Å². The molecule has 9 heteroatoms. The number of amides is 1. The van der Waals surface area contributed by atoms with Crippen molar-refractivity contribution >= 4 is 34.6 Å². The Kier molecular flexibility index (Phi) is 5.51. The van der Waals surface area contributed by atoms with Crippen LogP contribution in [-0.2, 0) is 17.6 Å². The van der Waals surface area contributed by atoms with E-state index in [0.29, 0.717) is 17.0 Å². The quantitative estimate of drug-likeness (QED) is 0.568. The number of carbonyl (C=O) groups is 1. The van der Waals surface area contributed by atoms with E-state index in [1.165, 1.54) is 0 Å². The summed E-state index contributed by atoms with van der Waals surface area (Å²) in [6, 6.07) is 12.7. The number of benzene rings is 2. The Balaban J connectivity index is 1.78. The molecule has 0 radical (unpaired) electrons. The van der Waals surface area contributed by atoms with E-state index < -0.39 is 22.7 Å². The molecular formula is C22H15ClF3N3O2. The first kappa shape index (κ1) is 21.0. The number of hydrogen-bond acceptors (Lipinski definition) is 4. The van der Waals surface area contributed by atoms with E-state index in [1.807, 2.05) is 12.1 Å². The first-order chi connectivity index (χ1) is 14.7. The average Bonchev–Trinajstić information content (AvgIpc) is 2.90. The van der Waals surface area contributed by atoms with Crippen molar-refractivity contribution in [1.29, 1.82) is 0 Å². The van der Waals surface area contributed by atoms with Crippen LogP contribution in [0, 0.1) is 0 Å². The van der Waals surface area contributed by atoms with Crippen LogP contribution in [0.4, 0.5) is 24.5 Å². The second-order valence-corrected chi connectivity index (χ2v) is 7.31. The summed E-state index contributed by atoms with van der Waals surface area (Å²) in [6.07, 6.45) is -3.18. The van der Waals surface area contributed by atoms with E-state index in [4.69, 9.17) is 11.6 Å². The van der Waals surface area contributed by atoms with Gasteiger partial charge in [-0.3, -0.25) is 14.8 Å². The van der Waals surface area contributed by atoms with Crippen LogP contribution in [0.15, 0.2) is 59.7 Å².